The highest BCUT2D eigenvalue weighted by atomic mass is 16.3. The number of benzene rings is 1. The first-order valence-corrected chi connectivity index (χ1v) is 11.2. The first-order valence-electron chi connectivity index (χ1n) is 11.2. The van der Waals surface area contributed by atoms with Crippen LogP contribution in [0.4, 0.5) is 5.69 Å². The lowest BCUT2D eigenvalue weighted by Gasteiger charge is -2.25. The van der Waals surface area contributed by atoms with E-state index in [0.717, 1.165) is 29.6 Å². The van der Waals surface area contributed by atoms with Gasteiger partial charge in [0.25, 0.3) is 0 Å². The van der Waals surface area contributed by atoms with E-state index in [1.165, 1.54) is 0 Å². The quantitative estimate of drug-likeness (QED) is 0.277. The summed E-state index contributed by atoms with van der Waals surface area (Å²) in [6.45, 7) is 3.14. The Labute approximate surface area is 191 Å². The SMILES string of the molecule is Cc1cc2cc(NC(=NC3CCCCN(CC(=O)N4CCC(O)C4)C3=O)NC#N)ccc2o1. The van der Waals surface area contributed by atoms with Crippen molar-refractivity contribution in [1.29, 1.82) is 5.26 Å². The number of guanidine groups is 1. The maximum atomic E-state index is 13.2. The van der Waals surface area contributed by atoms with E-state index in [9.17, 15) is 20.0 Å². The Morgan fingerprint density at radius 2 is 2.15 bits per heavy atom. The fourth-order valence-corrected chi connectivity index (χ4v) is 4.29. The zero-order chi connectivity index (χ0) is 23.4. The van der Waals surface area contributed by atoms with Crippen LogP contribution in [0.15, 0.2) is 33.7 Å². The molecule has 3 heterocycles. The van der Waals surface area contributed by atoms with Crippen LogP contribution in [0, 0.1) is 18.4 Å². The number of nitrogens with one attached hydrogen (secondary N) is 2. The van der Waals surface area contributed by atoms with E-state index in [1.54, 1.807) is 9.80 Å². The molecule has 2 fully saturated rings. The van der Waals surface area contributed by atoms with Gasteiger partial charge in [0.05, 0.1) is 12.6 Å². The van der Waals surface area contributed by atoms with Gasteiger partial charge in [0, 0.05) is 30.7 Å². The molecule has 2 aliphatic rings. The van der Waals surface area contributed by atoms with Gasteiger partial charge in [-0.2, -0.15) is 5.26 Å². The van der Waals surface area contributed by atoms with Gasteiger partial charge in [-0.1, -0.05) is 0 Å². The van der Waals surface area contributed by atoms with Crippen molar-refractivity contribution in [2.45, 2.75) is 44.8 Å². The number of anilines is 1. The zero-order valence-corrected chi connectivity index (χ0v) is 18.6. The number of amides is 2. The van der Waals surface area contributed by atoms with E-state index in [1.807, 2.05) is 37.4 Å². The molecule has 2 aromatic rings. The van der Waals surface area contributed by atoms with Crippen LogP contribution in [0.25, 0.3) is 11.0 Å². The minimum absolute atomic E-state index is 0.0253. The largest absolute Gasteiger partial charge is 0.461 e. The summed E-state index contributed by atoms with van der Waals surface area (Å²) in [7, 11) is 0. The predicted octanol–water partition coefficient (Wildman–Crippen LogP) is 1.55. The molecule has 2 amide bonds. The van der Waals surface area contributed by atoms with E-state index in [4.69, 9.17) is 4.42 Å². The van der Waals surface area contributed by atoms with Crippen LogP contribution in [-0.2, 0) is 9.59 Å². The predicted molar refractivity (Wildman–Crippen MR) is 122 cm³/mol. The van der Waals surface area contributed by atoms with Crippen molar-refractivity contribution >= 4 is 34.4 Å². The summed E-state index contributed by atoms with van der Waals surface area (Å²) in [5, 5.41) is 25.4. The average Bonchev–Trinajstić information content (AvgIpc) is 3.34. The van der Waals surface area contributed by atoms with Crippen LogP contribution in [-0.4, -0.2) is 71.0 Å². The minimum atomic E-state index is -0.701. The van der Waals surface area contributed by atoms with E-state index in [2.05, 4.69) is 15.6 Å². The molecule has 3 N–H and O–H groups in total. The first kappa shape index (κ1) is 22.6. The molecule has 10 nitrogen and oxygen atoms in total. The maximum absolute atomic E-state index is 13.2. The van der Waals surface area contributed by atoms with Crippen LogP contribution >= 0.6 is 0 Å². The summed E-state index contributed by atoms with van der Waals surface area (Å²) in [5.41, 5.74) is 1.46. The number of carbonyl (C=O) groups excluding carboxylic acids is 2. The lowest BCUT2D eigenvalue weighted by molar-refractivity contribution is -0.140. The molecular formula is C23H28N6O4. The summed E-state index contributed by atoms with van der Waals surface area (Å²) in [5.74, 6) is 0.571. The Hall–Kier alpha value is -3.58. The number of furan rings is 1. The van der Waals surface area contributed by atoms with Crippen LogP contribution in [0.3, 0.4) is 0 Å². The number of hydrogen-bond donors (Lipinski definition) is 3. The summed E-state index contributed by atoms with van der Waals surface area (Å²) in [6.07, 6.45) is 4.02. The van der Waals surface area contributed by atoms with Crippen molar-refractivity contribution in [1.82, 2.24) is 15.1 Å². The molecule has 0 radical (unpaired) electrons. The number of hydrogen-bond acceptors (Lipinski definition) is 6. The summed E-state index contributed by atoms with van der Waals surface area (Å²) < 4.78 is 5.59. The van der Waals surface area contributed by atoms with E-state index >= 15 is 0 Å². The van der Waals surface area contributed by atoms with Gasteiger partial charge in [-0.05, 0) is 56.9 Å². The zero-order valence-electron chi connectivity index (χ0n) is 18.6. The molecule has 2 atom stereocenters. The lowest BCUT2D eigenvalue weighted by Crippen LogP contribution is -2.45. The summed E-state index contributed by atoms with van der Waals surface area (Å²) in [4.78, 5) is 33.4. The molecular weight excluding hydrogens is 424 g/mol. The van der Waals surface area contributed by atoms with Gasteiger partial charge in [-0.25, -0.2) is 4.99 Å². The van der Waals surface area contributed by atoms with Gasteiger partial charge < -0.3 is 24.6 Å². The maximum Gasteiger partial charge on any atom is 0.247 e. The number of β-amino-alcohol motifs (C(OH)–C–C–N with tert-alkyl or cyclic N) is 1. The number of nitrogens with zero attached hydrogens (tertiary/aromatic N) is 4. The number of aliphatic hydroxyl groups is 1. The van der Waals surface area contributed by atoms with E-state index in [0.29, 0.717) is 38.2 Å². The molecule has 2 saturated heterocycles. The first-order chi connectivity index (χ1) is 15.9. The fraction of sp³-hybridized carbons (Fsp3) is 0.478. The molecule has 0 aliphatic carbocycles. The highest BCUT2D eigenvalue weighted by molar-refractivity contribution is 5.98. The Kier molecular flexibility index (Phi) is 6.79. The lowest BCUT2D eigenvalue weighted by atomic mass is 10.1. The second-order valence-electron chi connectivity index (χ2n) is 8.50. The smallest absolute Gasteiger partial charge is 0.247 e. The Balaban J connectivity index is 1.48. The van der Waals surface area contributed by atoms with Crippen molar-refractivity contribution in [3.8, 4) is 6.19 Å². The monoisotopic (exact) mass is 452 g/mol. The molecule has 0 spiro atoms. The van der Waals surface area contributed by atoms with Crippen LogP contribution in [0.2, 0.25) is 0 Å². The number of rotatable bonds is 4. The topological polar surface area (TPSA) is 134 Å². The minimum Gasteiger partial charge on any atom is -0.461 e. The molecule has 174 valence electrons. The van der Waals surface area contributed by atoms with Crippen LogP contribution in [0.1, 0.15) is 31.4 Å². The normalized spacial score (nSPS) is 21.7. The van der Waals surface area contributed by atoms with Crippen molar-refractivity contribution in [2.75, 3.05) is 31.5 Å². The third-order valence-electron chi connectivity index (χ3n) is 5.96. The number of aryl methyl sites for hydroxylation is 1. The molecule has 0 saturated carbocycles. The Bertz CT molecular complexity index is 1100. The summed E-state index contributed by atoms with van der Waals surface area (Å²) in [6, 6.07) is 6.73. The number of aliphatic hydroxyl groups excluding tert-OH is 1. The summed E-state index contributed by atoms with van der Waals surface area (Å²) >= 11 is 0. The Morgan fingerprint density at radius 3 is 2.91 bits per heavy atom. The number of aliphatic imine (C=N–C) groups is 1. The second kappa shape index (κ2) is 9.92. The molecule has 2 unspecified atom stereocenters. The van der Waals surface area contributed by atoms with Gasteiger partial charge in [-0.15, -0.1) is 0 Å². The number of likely N-dealkylation sites (tertiary alicyclic amines) is 2. The van der Waals surface area contributed by atoms with Crippen LogP contribution in [0.5, 0.6) is 0 Å². The molecule has 33 heavy (non-hydrogen) atoms. The molecule has 4 rings (SSSR count). The Morgan fingerprint density at radius 1 is 1.30 bits per heavy atom. The van der Waals surface area contributed by atoms with E-state index < -0.39 is 12.1 Å². The molecule has 2 aliphatic heterocycles. The van der Waals surface area contributed by atoms with Gasteiger partial charge in [0.15, 0.2) is 6.19 Å². The third-order valence-corrected chi connectivity index (χ3v) is 5.96. The van der Waals surface area contributed by atoms with Gasteiger partial charge >= 0.3 is 0 Å². The number of nitriles is 1. The average molecular weight is 453 g/mol. The van der Waals surface area contributed by atoms with Gasteiger partial charge in [0.2, 0.25) is 17.8 Å². The number of fused-ring (bicyclic) bond motifs is 1. The highest BCUT2D eigenvalue weighted by Crippen LogP contribution is 2.23. The van der Waals surface area contributed by atoms with Crippen molar-refractivity contribution in [3.63, 3.8) is 0 Å². The number of carbonyl (C=O) groups is 2. The fourth-order valence-electron chi connectivity index (χ4n) is 4.29. The van der Waals surface area contributed by atoms with Gasteiger partial charge in [-0.3, -0.25) is 14.9 Å². The van der Waals surface area contributed by atoms with Crippen LogP contribution < -0.4 is 10.6 Å². The van der Waals surface area contributed by atoms with Crippen molar-refractivity contribution < 1.29 is 19.1 Å². The van der Waals surface area contributed by atoms with Crippen molar-refractivity contribution in [3.05, 3.63) is 30.0 Å². The van der Waals surface area contributed by atoms with Crippen molar-refractivity contribution in [2.24, 2.45) is 4.99 Å². The molecule has 10 heteroatoms. The molecule has 1 aromatic heterocycles. The van der Waals surface area contributed by atoms with E-state index in [-0.39, 0.29) is 24.3 Å². The highest BCUT2D eigenvalue weighted by Gasteiger charge is 2.31. The molecule has 1 aromatic carbocycles. The second-order valence-corrected chi connectivity index (χ2v) is 8.50. The standard InChI is InChI=1S/C23H28N6O4/c1-15-10-16-11-17(5-6-20(16)33-15)26-23(25-14-24)27-19-4-2-3-8-29(22(19)32)13-21(31)28-9-7-18(30)12-28/h5-6,10-11,18-19,30H,2-4,7-9,12-13H2,1H3,(H2,25,26,27). The third kappa shape index (κ3) is 5.43. The molecule has 0 bridgehead atoms. The van der Waals surface area contributed by atoms with Gasteiger partial charge in [0.1, 0.15) is 17.4 Å².